The van der Waals surface area contributed by atoms with Gasteiger partial charge < -0.3 is 24.8 Å². The lowest BCUT2D eigenvalue weighted by molar-refractivity contribution is -0.139. The van der Waals surface area contributed by atoms with Crippen molar-refractivity contribution in [2.75, 3.05) is 13.2 Å². The van der Waals surface area contributed by atoms with Gasteiger partial charge in [0.15, 0.2) is 17.2 Å². The number of unbranched alkanes of at least 4 members (excludes halogenated alkanes) is 7. The molecule has 1 rings (SSSR count). The number of carbonyl (C=O) groups excluding carboxylic acids is 2. The zero-order chi connectivity index (χ0) is 20.9. The molecule has 156 valence electrons. The van der Waals surface area contributed by atoms with Crippen molar-refractivity contribution in [2.45, 2.75) is 58.3 Å². The van der Waals surface area contributed by atoms with Crippen molar-refractivity contribution in [3.05, 3.63) is 29.8 Å². The number of benzene rings is 1. The van der Waals surface area contributed by atoms with Gasteiger partial charge in [0.1, 0.15) is 0 Å². The van der Waals surface area contributed by atoms with Crippen LogP contribution in [0.1, 0.15) is 68.6 Å². The zero-order valence-electron chi connectivity index (χ0n) is 16.4. The second-order valence-corrected chi connectivity index (χ2v) is 6.74. The standard InChI is InChI=1S/C21H30O7/c1-15(2)20(25)27-11-9-7-5-3-4-6-8-10-12-28-21(26)16-13-17(22)19(24)18(23)14-16/h13-14,22-24H,1,3-12H2,2H3. The van der Waals surface area contributed by atoms with E-state index in [0.29, 0.717) is 12.2 Å². The third kappa shape index (κ3) is 8.79. The van der Waals surface area contributed by atoms with Gasteiger partial charge in [-0.1, -0.05) is 45.1 Å². The Hall–Kier alpha value is -2.70. The van der Waals surface area contributed by atoms with Crippen molar-refractivity contribution in [3.8, 4) is 17.2 Å². The van der Waals surface area contributed by atoms with Gasteiger partial charge in [0, 0.05) is 5.57 Å². The normalized spacial score (nSPS) is 10.5. The van der Waals surface area contributed by atoms with Crippen LogP contribution in [0.25, 0.3) is 0 Å². The average Bonchev–Trinajstić information content (AvgIpc) is 2.65. The molecule has 7 heteroatoms. The molecule has 0 fully saturated rings. The molecule has 0 amide bonds. The fourth-order valence-corrected chi connectivity index (χ4v) is 2.52. The van der Waals surface area contributed by atoms with Crippen molar-refractivity contribution in [3.63, 3.8) is 0 Å². The molecule has 7 nitrogen and oxygen atoms in total. The maximum absolute atomic E-state index is 11.8. The Morgan fingerprint density at radius 1 is 0.821 bits per heavy atom. The molecule has 0 spiro atoms. The second kappa shape index (κ2) is 12.6. The number of rotatable bonds is 13. The van der Waals surface area contributed by atoms with E-state index in [1.165, 1.54) is 0 Å². The summed E-state index contributed by atoms with van der Waals surface area (Å²) < 4.78 is 10.1. The number of hydrogen-bond acceptors (Lipinski definition) is 7. The summed E-state index contributed by atoms with van der Waals surface area (Å²) in [4.78, 5) is 23.0. The summed E-state index contributed by atoms with van der Waals surface area (Å²) in [5.74, 6) is -2.79. The number of aromatic hydroxyl groups is 3. The van der Waals surface area contributed by atoms with Crippen LogP contribution in [-0.2, 0) is 14.3 Å². The predicted octanol–water partition coefficient (Wildman–Crippen LogP) is 4.20. The van der Waals surface area contributed by atoms with Crippen molar-refractivity contribution in [1.29, 1.82) is 0 Å². The van der Waals surface area contributed by atoms with Crippen LogP contribution in [0.3, 0.4) is 0 Å². The fourth-order valence-electron chi connectivity index (χ4n) is 2.52. The fraction of sp³-hybridized carbons (Fsp3) is 0.524. The summed E-state index contributed by atoms with van der Waals surface area (Å²) in [5, 5.41) is 28.0. The first kappa shape index (κ1) is 23.3. The Bertz CT molecular complexity index is 644. The van der Waals surface area contributed by atoms with Crippen molar-refractivity contribution in [1.82, 2.24) is 0 Å². The lowest BCUT2D eigenvalue weighted by Crippen LogP contribution is -2.06. The summed E-state index contributed by atoms with van der Waals surface area (Å²) in [6, 6.07) is 2.10. The molecule has 3 N–H and O–H groups in total. The summed E-state index contributed by atoms with van der Waals surface area (Å²) in [6.45, 7) is 5.86. The van der Waals surface area contributed by atoms with Gasteiger partial charge in [-0.2, -0.15) is 0 Å². The highest BCUT2D eigenvalue weighted by Crippen LogP contribution is 2.35. The van der Waals surface area contributed by atoms with Crippen LogP contribution < -0.4 is 0 Å². The Morgan fingerprint density at radius 2 is 1.25 bits per heavy atom. The van der Waals surface area contributed by atoms with E-state index in [1.54, 1.807) is 6.92 Å². The minimum absolute atomic E-state index is 0.0123. The molecule has 1 aromatic rings. The molecule has 0 aliphatic carbocycles. The van der Waals surface area contributed by atoms with Gasteiger partial charge in [-0.25, -0.2) is 9.59 Å². The van der Waals surface area contributed by atoms with Crippen LogP contribution in [0.4, 0.5) is 0 Å². The summed E-state index contributed by atoms with van der Waals surface area (Å²) in [7, 11) is 0. The predicted molar refractivity (Wildman–Crippen MR) is 104 cm³/mol. The lowest BCUT2D eigenvalue weighted by atomic mass is 10.1. The quantitative estimate of drug-likeness (QED) is 0.199. The number of carbonyl (C=O) groups is 2. The highest BCUT2D eigenvalue weighted by Gasteiger charge is 2.14. The minimum atomic E-state index is -0.663. The topological polar surface area (TPSA) is 113 Å². The summed E-state index contributed by atoms with van der Waals surface area (Å²) >= 11 is 0. The van der Waals surface area contributed by atoms with E-state index >= 15 is 0 Å². The minimum Gasteiger partial charge on any atom is -0.504 e. The number of ether oxygens (including phenoxy) is 2. The van der Waals surface area contributed by atoms with Gasteiger partial charge >= 0.3 is 11.9 Å². The van der Waals surface area contributed by atoms with Crippen LogP contribution in [0.5, 0.6) is 17.2 Å². The first-order chi connectivity index (χ1) is 13.3. The number of phenols is 3. The van der Waals surface area contributed by atoms with E-state index in [4.69, 9.17) is 9.47 Å². The summed E-state index contributed by atoms with van der Waals surface area (Å²) in [5.41, 5.74) is 0.409. The van der Waals surface area contributed by atoms with Gasteiger partial charge in [0.05, 0.1) is 18.8 Å². The highest BCUT2D eigenvalue weighted by atomic mass is 16.5. The molecule has 28 heavy (non-hydrogen) atoms. The van der Waals surface area contributed by atoms with E-state index in [0.717, 1.165) is 63.5 Å². The van der Waals surface area contributed by atoms with Crippen molar-refractivity contribution >= 4 is 11.9 Å². The van der Waals surface area contributed by atoms with Crippen LogP contribution in [-0.4, -0.2) is 40.5 Å². The van der Waals surface area contributed by atoms with Gasteiger partial charge in [0.2, 0.25) is 0 Å². The van der Waals surface area contributed by atoms with Crippen LogP contribution in [0.15, 0.2) is 24.3 Å². The third-order valence-electron chi connectivity index (χ3n) is 4.16. The first-order valence-electron chi connectivity index (χ1n) is 9.57. The maximum atomic E-state index is 11.8. The number of hydrogen-bond donors (Lipinski definition) is 3. The lowest BCUT2D eigenvalue weighted by Gasteiger charge is -2.07. The molecule has 0 saturated heterocycles. The molecule has 0 heterocycles. The van der Waals surface area contributed by atoms with E-state index in [9.17, 15) is 24.9 Å². The van der Waals surface area contributed by atoms with E-state index < -0.39 is 23.2 Å². The van der Waals surface area contributed by atoms with Crippen molar-refractivity contribution in [2.24, 2.45) is 0 Å². The van der Waals surface area contributed by atoms with Gasteiger partial charge in [-0.3, -0.25) is 0 Å². The molecule has 0 radical (unpaired) electrons. The zero-order valence-corrected chi connectivity index (χ0v) is 16.4. The number of esters is 2. The highest BCUT2D eigenvalue weighted by molar-refractivity contribution is 5.91. The maximum Gasteiger partial charge on any atom is 0.338 e. The van der Waals surface area contributed by atoms with E-state index in [1.807, 2.05) is 0 Å². The van der Waals surface area contributed by atoms with Crippen LogP contribution in [0.2, 0.25) is 0 Å². The smallest absolute Gasteiger partial charge is 0.338 e. The Kier molecular flexibility index (Phi) is 10.5. The molecular weight excluding hydrogens is 364 g/mol. The van der Waals surface area contributed by atoms with Gasteiger partial charge in [0.25, 0.3) is 0 Å². The summed E-state index contributed by atoms with van der Waals surface area (Å²) in [6.07, 6.45) is 7.90. The Morgan fingerprint density at radius 3 is 1.71 bits per heavy atom. The molecule has 0 atom stereocenters. The second-order valence-electron chi connectivity index (χ2n) is 6.74. The van der Waals surface area contributed by atoms with Crippen LogP contribution >= 0.6 is 0 Å². The Labute approximate surface area is 165 Å². The number of phenolic OH excluding ortho intramolecular Hbond substituents is 3. The molecule has 0 aliphatic rings. The average molecular weight is 394 g/mol. The molecule has 0 aliphatic heterocycles. The van der Waals surface area contributed by atoms with Crippen LogP contribution in [0, 0.1) is 0 Å². The first-order valence-corrected chi connectivity index (χ1v) is 9.57. The van der Waals surface area contributed by atoms with Gasteiger partial charge in [-0.15, -0.1) is 0 Å². The third-order valence-corrected chi connectivity index (χ3v) is 4.16. The molecular formula is C21H30O7. The van der Waals surface area contributed by atoms with Crippen molar-refractivity contribution < 1.29 is 34.4 Å². The molecule has 0 aromatic heterocycles. The Balaban J connectivity index is 2.00. The SMILES string of the molecule is C=C(C)C(=O)OCCCCCCCCCCOC(=O)c1cc(O)c(O)c(O)c1. The molecule has 0 bridgehead atoms. The monoisotopic (exact) mass is 394 g/mol. The molecule has 0 saturated carbocycles. The van der Waals surface area contributed by atoms with Gasteiger partial charge in [-0.05, 0) is 31.9 Å². The molecule has 1 aromatic carbocycles. The molecule has 0 unspecified atom stereocenters. The van der Waals surface area contributed by atoms with E-state index in [2.05, 4.69) is 6.58 Å². The largest absolute Gasteiger partial charge is 0.504 e. The van der Waals surface area contributed by atoms with E-state index in [-0.39, 0.29) is 18.1 Å².